The number of piperidine rings is 1. The molecule has 4 heteroatoms. The van der Waals surface area contributed by atoms with Gasteiger partial charge in [-0.05, 0) is 48.8 Å². The summed E-state index contributed by atoms with van der Waals surface area (Å²) >= 11 is 0. The lowest BCUT2D eigenvalue weighted by molar-refractivity contribution is -0.136. The summed E-state index contributed by atoms with van der Waals surface area (Å²) in [6.07, 6.45) is 3.61. The van der Waals surface area contributed by atoms with Crippen LogP contribution in [0.15, 0.2) is 78.9 Å². The van der Waals surface area contributed by atoms with Gasteiger partial charge in [-0.25, -0.2) is 0 Å². The van der Waals surface area contributed by atoms with Gasteiger partial charge in [-0.2, -0.15) is 0 Å². The molecule has 1 saturated heterocycles. The van der Waals surface area contributed by atoms with Gasteiger partial charge in [0.05, 0.1) is 0 Å². The van der Waals surface area contributed by atoms with E-state index in [0.29, 0.717) is 30.9 Å². The zero-order valence-electron chi connectivity index (χ0n) is 19.5. The van der Waals surface area contributed by atoms with E-state index in [1.165, 1.54) is 5.56 Å². The van der Waals surface area contributed by atoms with Crippen molar-refractivity contribution in [3.05, 3.63) is 101 Å². The van der Waals surface area contributed by atoms with E-state index in [2.05, 4.69) is 24.3 Å². The number of hydrogen-bond acceptors (Lipinski definition) is 3. The molecular formula is C30H31NO3. The van der Waals surface area contributed by atoms with Crippen LogP contribution in [0.25, 0.3) is 0 Å². The van der Waals surface area contributed by atoms with Crippen molar-refractivity contribution >= 4 is 11.7 Å². The maximum atomic E-state index is 13.4. The number of rotatable bonds is 5. The summed E-state index contributed by atoms with van der Waals surface area (Å²) in [7, 11) is 0. The smallest absolute Gasteiger partial charge is 0.226 e. The number of hydrogen-bond donors (Lipinski definition) is 0. The van der Waals surface area contributed by atoms with Crippen LogP contribution in [0, 0.1) is 5.92 Å². The molecule has 1 fully saturated rings. The van der Waals surface area contributed by atoms with Crippen molar-refractivity contribution in [1.82, 2.24) is 4.90 Å². The summed E-state index contributed by atoms with van der Waals surface area (Å²) in [5, 5.41) is 0. The molecule has 0 saturated carbocycles. The Morgan fingerprint density at radius 1 is 0.853 bits per heavy atom. The lowest BCUT2D eigenvalue weighted by atomic mass is 9.88. The minimum atomic E-state index is -0.254. The molecular weight excluding hydrogens is 422 g/mol. The molecule has 0 spiro atoms. The van der Waals surface area contributed by atoms with E-state index in [9.17, 15) is 9.59 Å². The number of nitrogens with zero attached hydrogens (tertiary/aromatic N) is 1. The van der Waals surface area contributed by atoms with Crippen LogP contribution in [0.5, 0.6) is 5.75 Å². The average Bonchev–Trinajstić information content (AvgIpc) is 3.07. The van der Waals surface area contributed by atoms with Crippen LogP contribution in [0.1, 0.15) is 58.6 Å². The molecule has 174 valence electrons. The Balaban J connectivity index is 1.23. The molecule has 5 rings (SSSR count). The number of fused-ring (bicyclic) bond motifs is 1. The maximum absolute atomic E-state index is 13.4. The van der Waals surface area contributed by atoms with Crippen molar-refractivity contribution in [3.63, 3.8) is 0 Å². The molecule has 0 bridgehead atoms. The average molecular weight is 454 g/mol. The number of ether oxygens (including phenoxy) is 1. The second-order valence-corrected chi connectivity index (χ2v) is 9.43. The third-order valence-electron chi connectivity index (χ3n) is 7.27. The fraction of sp³-hybridized carbons (Fsp3) is 0.333. The fourth-order valence-electron chi connectivity index (χ4n) is 5.34. The summed E-state index contributed by atoms with van der Waals surface area (Å²) in [6.45, 7) is 1.99. The number of carbonyl (C=O) groups is 2. The molecule has 1 aliphatic heterocycles. The van der Waals surface area contributed by atoms with E-state index in [4.69, 9.17) is 4.74 Å². The Kier molecular flexibility index (Phi) is 6.75. The van der Waals surface area contributed by atoms with Crippen LogP contribution >= 0.6 is 0 Å². The Hall–Kier alpha value is -3.40. The third-order valence-corrected chi connectivity index (χ3v) is 7.27. The molecule has 0 aromatic heterocycles. The Morgan fingerprint density at radius 3 is 2.29 bits per heavy atom. The normalized spacial score (nSPS) is 18.8. The number of likely N-dealkylation sites (tertiary alicyclic amines) is 1. The summed E-state index contributed by atoms with van der Waals surface area (Å²) in [5.41, 5.74) is 4.11. The SMILES string of the molecule is O=C1CC(C(=O)N2CCC(c3ccccc3)CC2)CCc2c(OCc3ccccc3)cccc21. The molecule has 1 heterocycles. The van der Waals surface area contributed by atoms with Gasteiger partial charge in [-0.3, -0.25) is 9.59 Å². The molecule has 4 nitrogen and oxygen atoms in total. The first-order valence-electron chi connectivity index (χ1n) is 12.3. The number of amides is 1. The van der Waals surface area contributed by atoms with Gasteiger partial charge in [-0.15, -0.1) is 0 Å². The minimum Gasteiger partial charge on any atom is -0.489 e. The van der Waals surface area contributed by atoms with Crippen molar-refractivity contribution in [2.24, 2.45) is 5.92 Å². The molecule has 1 amide bonds. The molecule has 1 aliphatic carbocycles. The summed E-state index contributed by atoms with van der Waals surface area (Å²) < 4.78 is 6.11. The van der Waals surface area contributed by atoms with Crippen molar-refractivity contribution in [2.45, 2.75) is 44.6 Å². The Morgan fingerprint density at radius 2 is 1.56 bits per heavy atom. The van der Waals surface area contributed by atoms with E-state index in [1.807, 2.05) is 59.5 Å². The van der Waals surface area contributed by atoms with Gasteiger partial charge in [-0.1, -0.05) is 72.8 Å². The van der Waals surface area contributed by atoms with Crippen molar-refractivity contribution in [1.29, 1.82) is 0 Å². The zero-order valence-corrected chi connectivity index (χ0v) is 19.5. The Bertz CT molecular complexity index is 1130. The topological polar surface area (TPSA) is 46.6 Å². The first-order valence-corrected chi connectivity index (χ1v) is 12.3. The standard InChI is InChI=1S/C30H31NO3/c32-28-20-25(30(33)31-18-16-24(17-19-31)23-10-5-2-6-11-23)14-15-27-26(28)12-7-13-29(27)34-21-22-8-3-1-4-9-22/h1-13,24-25H,14-21H2. The van der Waals surface area contributed by atoms with Crippen molar-refractivity contribution in [2.75, 3.05) is 13.1 Å². The predicted molar refractivity (Wildman–Crippen MR) is 133 cm³/mol. The summed E-state index contributed by atoms with van der Waals surface area (Å²) in [4.78, 5) is 28.5. The highest BCUT2D eigenvalue weighted by atomic mass is 16.5. The van der Waals surface area contributed by atoms with E-state index in [0.717, 1.165) is 42.8 Å². The molecule has 2 aliphatic rings. The minimum absolute atomic E-state index is 0.0511. The largest absolute Gasteiger partial charge is 0.489 e. The van der Waals surface area contributed by atoms with Crippen LogP contribution in [0.2, 0.25) is 0 Å². The number of Topliss-reactive ketones (excluding diaryl/α,β-unsaturated/α-hetero) is 1. The van der Waals surface area contributed by atoms with Crippen LogP contribution in [-0.2, 0) is 17.8 Å². The van der Waals surface area contributed by atoms with Gasteiger partial charge < -0.3 is 9.64 Å². The van der Waals surface area contributed by atoms with Gasteiger partial charge in [0.1, 0.15) is 12.4 Å². The highest BCUT2D eigenvalue weighted by Crippen LogP contribution is 2.34. The first-order chi connectivity index (χ1) is 16.7. The van der Waals surface area contributed by atoms with Crippen LogP contribution in [-0.4, -0.2) is 29.7 Å². The quantitative estimate of drug-likeness (QED) is 0.458. The number of ketones is 1. The molecule has 3 aromatic carbocycles. The summed E-state index contributed by atoms with van der Waals surface area (Å²) in [6, 6.07) is 26.3. The highest BCUT2D eigenvalue weighted by molar-refractivity contribution is 6.01. The molecule has 0 radical (unpaired) electrons. The lowest BCUT2D eigenvalue weighted by Crippen LogP contribution is -2.41. The molecule has 3 aromatic rings. The van der Waals surface area contributed by atoms with Crippen LogP contribution < -0.4 is 4.74 Å². The second kappa shape index (κ2) is 10.3. The van der Waals surface area contributed by atoms with E-state index in [-0.39, 0.29) is 24.0 Å². The predicted octanol–water partition coefficient (Wildman–Crippen LogP) is 5.81. The zero-order chi connectivity index (χ0) is 23.3. The highest BCUT2D eigenvalue weighted by Gasteiger charge is 2.33. The van der Waals surface area contributed by atoms with Gasteiger partial charge in [0, 0.05) is 36.6 Å². The molecule has 1 atom stereocenters. The second-order valence-electron chi connectivity index (χ2n) is 9.43. The fourth-order valence-corrected chi connectivity index (χ4v) is 5.34. The van der Waals surface area contributed by atoms with Gasteiger partial charge in [0.15, 0.2) is 5.78 Å². The first kappa shape index (κ1) is 22.4. The molecule has 1 unspecified atom stereocenters. The van der Waals surface area contributed by atoms with E-state index < -0.39 is 0 Å². The van der Waals surface area contributed by atoms with E-state index >= 15 is 0 Å². The monoisotopic (exact) mass is 453 g/mol. The third kappa shape index (κ3) is 4.91. The molecule has 0 N–H and O–H groups in total. The van der Waals surface area contributed by atoms with Gasteiger partial charge in [0.25, 0.3) is 0 Å². The maximum Gasteiger partial charge on any atom is 0.226 e. The number of benzene rings is 3. The van der Waals surface area contributed by atoms with Gasteiger partial charge >= 0.3 is 0 Å². The Labute approximate surface area is 201 Å². The van der Waals surface area contributed by atoms with E-state index in [1.54, 1.807) is 0 Å². The van der Waals surface area contributed by atoms with Gasteiger partial charge in [0.2, 0.25) is 5.91 Å². The summed E-state index contributed by atoms with van der Waals surface area (Å²) in [5.74, 6) is 1.20. The lowest BCUT2D eigenvalue weighted by Gasteiger charge is -2.34. The van der Waals surface area contributed by atoms with Crippen molar-refractivity contribution < 1.29 is 14.3 Å². The number of carbonyl (C=O) groups excluding carboxylic acids is 2. The molecule has 34 heavy (non-hydrogen) atoms. The van der Waals surface area contributed by atoms with Crippen LogP contribution in [0.4, 0.5) is 0 Å². The van der Waals surface area contributed by atoms with Crippen LogP contribution in [0.3, 0.4) is 0 Å². The van der Waals surface area contributed by atoms with Crippen molar-refractivity contribution in [3.8, 4) is 5.75 Å².